The molecule has 0 aliphatic carbocycles. The van der Waals surface area contributed by atoms with Gasteiger partial charge in [0.05, 0.1) is 12.2 Å². The van der Waals surface area contributed by atoms with Gasteiger partial charge < -0.3 is 10.1 Å². The minimum atomic E-state index is 0.583. The van der Waals surface area contributed by atoms with E-state index < -0.39 is 0 Å². The first kappa shape index (κ1) is 10.5. The fourth-order valence-corrected chi connectivity index (χ4v) is 1.09. The SMILES string of the molecule is COCCNc1ncc(C#N)cc1C. The molecule has 0 aromatic carbocycles. The van der Waals surface area contributed by atoms with Crippen LogP contribution in [0, 0.1) is 18.3 Å². The number of nitrogens with one attached hydrogen (secondary N) is 1. The Morgan fingerprint density at radius 2 is 2.43 bits per heavy atom. The molecule has 1 heterocycles. The van der Waals surface area contributed by atoms with Crippen molar-refractivity contribution in [1.82, 2.24) is 4.98 Å². The van der Waals surface area contributed by atoms with Gasteiger partial charge in [0.2, 0.25) is 0 Å². The summed E-state index contributed by atoms with van der Waals surface area (Å²) in [5.41, 5.74) is 1.56. The summed E-state index contributed by atoms with van der Waals surface area (Å²) in [4.78, 5) is 4.13. The molecule has 1 aromatic heterocycles. The Morgan fingerprint density at radius 3 is 3.00 bits per heavy atom. The van der Waals surface area contributed by atoms with Crippen molar-refractivity contribution in [1.29, 1.82) is 5.26 Å². The minimum Gasteiger partial charge on any atom is -0.383 e. The Balaban J connectivity index is 2.65. The van der Waals surface area contributed by atoms with E-state index in [-0.39, 0.29) is 0 Å². The number of pyridine rings is 1. The zero-order valence-corrected chi connectivity index (χ0v) is 8.37. The topological polar surface area (TPSA) is 57.9 Å². The van der Waals surface area contributed by atoms with Crippen LogP contribution in [0.1, 0.15) is 11.1 Å². The van der Waals surface area contributed by atoms with E-state index in [1.807, 2.05) is 19.1 Å². The fourth-order valence-electron chi connectivity index (χ4n) is 1.09. The van der Waals surface area contributed by atoms with E-state index in [1.165, 1.54) is 0 Å². The lowest BCUT2D eigenvalue weighted by Gasteiger charge is -2.07. The molecule has 4 heteroatoms. The maximum absolute atomic E-state index is 8.64. The average molecular weight is 191 g/mol. The maximum atomic E-state index is 8.64. The van der Waals surface area contributed by atoms with E-state index in [0.29, 0.717) is 12.2 Å². The normalized spacial score (nSPS) is 9.50. The molecule has 74 valence electrons. The summed E-state index contributed by atoms with van der Waals surface area (Å²) in [7, 11) is 1.65. The highest BCUT2D eigenvalue weighted by atomic mass is 16.5. The second-order valence-electron chi connectivity index (χ2n) is 2.92. The van der Waals surface area contributed by atoms with Crippen LogP contribution in [-0.2, 0) is 4.74 Å². The Kier molecular flexibility index (Phi) is 3.89. The van der Waals surface area contributed by atoms with Crippen molar-refractivity contribution in [2.24, 2.45) is 0 Å². The Labute approximate surface area is 83.5 Å². The summed E-state index contributed by atoms with van der Waals surface area (Å²) in [6, 6.07) is 3.85. The second-order valence-corrected chi connectivity index (χ2v) is 2.92. The van der Waals surface area contributed by atoms with Gasteiger partial charge in [0.1, 0.15) is 11.9 Å². The molecular weight excluding hydrogens is 178 g/mol. The molecule has 0 saturated carbocycles. The van der Waals surface area contributed by atoms with Crippen LogP contribution < -0.4 is 5.32 Å². The summed E-state index contributed by atoms with van der Waals surface area (Å²) in [5.74, 6) is 0.807. The predicted molar refractivity (Wildman–Crippen MR) is 54.1 cm³/mol. The van der Waals surface area contributed by atoms with Gasteiger partial charge in [0.25, 0.3) is 0 Å². The van der Waals surface area contributed by atoms with Crippen molar-refractivity contribution in [2.45, 2.75) is 6.92 Å². The van der Waals surface area contributed by atoms with Gasteiger partial charge in [-0.05, 0) is 18.6 Å². The molecule has 14 heavy (non-hydrogen) atoms. The molecule has 0 atom stereocenters. The average Bonchev–Trinajstić information content (AvgIpc) is 2.20. The van der Waals surface area contributed by atoms with Crippen molar-refractivity contribution < 1.29 is 4.74 Å². The van der Waals surface area contributed by atoms with Gasteiger partial charge in [0, 0.05) is 19.9 Å². The molecule has 0 amide bonds. The van der Waals surface area contributed by atoms with Crippen LogP contribution in [0.2, 0.25) is 0 Å². The van der Waals surface area contributed by atoms with Gasteiger partial charge >= 0.3 is 0 Å². The smallest absolute Gasteiger partial charge is 0.129 e. The number of anilines is 1. The Bertz CT molecular complexity index is 344. The second kappa shape index (κ2) is 5.20. The first-order valence-corrected chi connectivity index (χ1v) is 4.37. The molecule has 0 saturated heterocycles. The molecule has 1 N–H and O–H groups in total. The standard InChI is InChI=1S/C10H13N3O/c1-8-5-9(6-11)7-13-10(8)12-3-4-14-2/h5,7H,3-4H2,1-2H3,(H,12,13). The van der Waals surface area contributed by atoms with E-state index in [1.54, 1.807) is 13.3 Å². The first-order chi connectivity index (χ1) is 6.77. The minimum absolute atomic E-state index is 0.583. The summed E-state index contributed by atoms with van der Waals surface area (Å²) in [6.45, 7) is 3.28. The third-order valence-corrected chi connectivity index (χ3v) is 1.81. The molecule has 0 radical (unpaired) electrons. The molecule has 0 aliphatic heterocycles. The molecule has 0 bridgehead atoms. The van der Waals surface area contributed by atoms with Gasteiger partial charge in [-0.15, -0.1) is 0 Å². The third-order valence-electron chi connectivity index (χ3n) is 1.81. The fraction of sp³-hybridized carbons (Fsp3) is 0.400. The van der Waals surface area contributed by atoms with Gasteiger partial charge in [0.15, 0.2) is 0 Å². The lowest BCUT2D eigenvalue weighted by Crippen LogP contribution is -2.09. The third kappa shape index (κ3) is 2.71. The van der Waals surface area contributed by atoms with E-state index in [9.17, 15) is 0 Å². The molecule has 0 unspecified atom stereocenters. The number of aromatic nitrogens is 1. The van der Waals surface area contributed by atoms with Crippen molar-refractivity contribution in [2.75, 3.05) is 25.6 Å². The van der Waals surface area contributed by atoms with Crippen LogP contribution in [-0.4, -0.2) is 25.2 Å². The number of aryl methyl sites for hydroxylation is 1. The molecule has 0 aliphatic rings. The number of rotatable bonds is 4. The maximum Gasteiger partial charge on any atom is 0.129 e. The highest BCUT2D eigenvalue weighted by Crippen LogP contribution is 2.11. The van der Waals surface area contributed by atoms with Crippen LogP contribution in [0.15, 0.2) is 12.3 Å². The number of methoxy groups -OCH3 is 1. The summed E-state index contributed by atoms with van der Waals surface area (Å²) >= 11 is 0. The van der Waals surface area contributed by atoms with Crippen LogP contribution in [0.5, 0.6) is 0 Å². The molecular formula is C10H13N3O. The largest absolute Gasteiger partial charge is 0.383 e. The number of nitrogens with zero attached hydrogens (tertiary/aromatic N) is 2. The van der Waals surface area contributed by atoms with Crippen LogP contribution in [0.3, 0.4) is 0 Å². The zero-order chi connectivity index (χ0) is 10.4. The molecule has 1 rings (SSSR count). The van der Waals surface area contributed by atoms with Gasteiger partial charge in [-0.25, -0.2) is 4.98 Å². The van der Waals surface area contributed by atoms with Crippen LogP contribution in [0.25, 0.3) is 0 Å². The van der Waals surface area contributed by atoms with E-state index in [2.05, 4.69) is 10.3 Å². The lowest BCUT2D eigenvalue weighted by molar-refractivity contribution is 0.210. The molecule has 0 fully saturated rings. The van der Waals surface area contributed by atoms with E-state index in [0.717, 1.165) is 17.9 Å². The predicted octanol–water partition coefficient (Wildman–Crippen LogP) is 1.32. The van der Waals surface area contributed by atoms with E-state index in [4.69, 9.17) is 10.00 Å². The lowest BCUT2D eigenvalue weighted by atomic mass is 10.2. The van der Waals surface area contributed by atoms with Crippen LogP contribution >= 0.6 is 0 Å². The highest BCUT2D eigenvalue weighted by Gasteiger charge is 1.99. The molecule has 1 aromatic rings. The number of hydrogen-bond donors (Lipinski definition) is 1. The summed E-state index contributed by atoms with van der Waals surface area (Å²) < 4.78 is 4.91. The van der Waals surface area contributed by atoms with Crippen molar-refractivity contribution in [3.8, 4) is 6.07 Å². The highest BCUT2D eigenvalue weighted by molar-refractivity contribution is 5.46. The van der Waals surface area contributed by atoms with Gasteiger partial charge in [-0.3, -0.25) is 0 Å². The van der Waals surface area contributed by atoms with Crippen molar-refractivity contribution in [3.63, 3.8) is 0 Å². The van der Waals surface area contributed by atoms with Gasteiger partial charge in [-0.2, -0.15) is 5.26 Å². The molecule has 0 spiro atoms. The Morgan fingerprint density at radius 1 is 1.64 bits per heavy atom. The quantitative estimate of drug-likeness (QED) is 0.729. The summed E-state index contributed by atoms with van der Waals surface area (Å²) in [5, 5.41) is 11.8. The number of hydrogen-bond acceptors (Lipinski definition) is 4. The first-order valence-electron chi connectivity index (χ1n) is 4.37. The Hall–Kier alpha value is -1.60. The summed E-state index contributed by atoms with van der Waals surface area (Å²) in [6.07, 6.45) is 1.56. The van der Waals surface area contributed by atoms with Crippen molar-refractivity contribution >= 4 is 5.82 Å². The number of ether oxygens (including phenoxy) is 1. The van der Waals surface area contributed by atoms with Crippen molar-refractivity contribution in [3.05, 3.63) is 23.4 Å². The monoisotopic (exact) mass is 191 g/mol. The molecule has 4 nitrogen and oxygen atoms in total. The number of nitriles is 1. The van der Waals surface area contributed by atoms with Crippen LogP contribution in [0.4, 0.5) is 5.82 Å². The zero-order valence-electron chi connectivity index (χ0n) is 8.37. The van der Waals surface area contributed by atoms with Gasteiger partial charge in [-0.1, -0.05) is 0 Å². The van der Waals surface area contributed by atoms with E-state index >= 15 is 0 Å².